The molecule has 1 unspecified atom stereocenters. The summed E-state index contributed by atoms with van der Waals surface area (Å²) in [7, 11) is 0. The third-order valence-corrected chi connectivity index (χ3v) is 3.72. The zero-order chi connectivity index (χ0) is 20.9. The van der Waals surface area contributed by atoms with E-state index in [4.69, 9.17) is 11.6 Å². The molecule has 0 saturated heterocycles. The van der Waals surface area contributed by atoms with Gasteiger partial charge in [0.25, 0.3) is 0 Å². The fourth-order valence-corrected chi connectivity index (χ4v) is 2.43. The Morgan fingerprint density at radius 3 is 2.18 bits per heavy atom. The van der Waals surface area contributed by atoms with Crippen molar-refractivity contribution < 1.29 is 27.5 Å². The van der Waals surface area contributed by atoms with Gasteiger partial charge in [-0.2, -0.15) is 0 Å². The van der Waals surface area contributed by atoms with E-state index in [1.165, 1.54) is 19.1 Å². The Hall–Kier alpha value is -2.94. The second kappa shape index (κ2) is 8.83. The Labute approximate surface area is 164 Å². The summed E-state index contributed by atoms with van der Waals surface area (Å²) in [5.74, 6) is -1.06. The SMILES string of the molecule is CC(=O)Nc1ccc(NC(C)C(=O)Nc2ccc(OC(F)(F)F)cc2)cc1Cl. The number of benzene rings is 2. The van der Waals surface area contributed by atoms with Crippen LogP contribution in [0.4, 0.5) is 30.2 Å². The van der Waals surface area contributed by atoms with Gasteiger partial charge in [-0.3, -0.25) is 9.59 Å². The third-order valence-electron chi connectivity index (χ3n) is 3.41. The van der Waals surface area contributed by atoms with Crippen molar-refractivity contribution in [3.63, 3.8) is 0 Å². The minimum atomic E-state index is -4.78. The quantitative estimate of drug-likeness (QED) is 0.642. The standard InChI is InChI=1S/C18H17ClF3N3O3/c1-10(23-13-5-8-16(15(19)9-13)24-11(2)26)17(27)25-12-3-6-14(7-4-12)28-18(20,21)22/h3-10,23H,1-2H3,(H,24,26)(H,25,27). The van der Waals surface area contributed by atoms with Gasteiger partial charge in [-0.05, 0) is 49.4 Å². The van der Waals surface area contributed by atoms with Gasteiger partial charge in [-0.25, -0.2) is 0 Å². The molecule has 1 atom stereocenters. The van der Waals surface area contributed by atoms with Crippen LogP contribution in [0.2, 0.25) is 5.02 Å². The Morgan fingerprint density at radius 2 is 1.64 bits per heavy atom. The predicted molar refractivity (Wildman–Crippen MR) is 101 cm³/mol. The lowest BCUT2D eigenvalue weighted by molar-refractivity contribution is -0.274. The lowest BCUT2D eigenvalue weighted by atomic mass is 10.2. The van der Waals surface area contributed by atoms with Gasteiger partial charge < -0.3 is 20.7 Å². The van der Waals surface area contributed by atoms with Crippen molar-refractivity contribution in [1.29, 1.82) is 0 Å². The highest BCUT2D eigenvalue weighted by Gasteiger charge is 2.31. The summed E-state index contributed by atoms with van der Waals surface area (Å²) in [6.07, 6.45) is -4.78. The van der Waals surface area contributed by atoms with Gasteiger partial charge in [-0.15, -0.1) is 13.2 Å². The smallest absolute Gasteiger partial charge is 0.406 e. The normalized spacial score (nSPS) is 12.1. The van der Waals surface area contributed by atoms with E-state index in [0.717, 1.165) is 12.1 Å². The Morgan fingerprint density at radius 1 is 1.04 bits per heavy atom. The molecule has 0 spiro atoms. The molecule has 0 heterocycles. The van der Waals surface area contributed by atoms with Crippen LogP contribution in [0.1, 0.15) is 13.8 Å². The number of amides is 2. The van der Waals surface area contributed by atoms with Crippen LogP contribution in [0, 0.1) is 0 Å². The summed E-state index contributed by atoms with van der Waals surface area (Å²) < 4.78 is 40.2. The lowest BCUT2D eigenvalue weighted by Crippen LogP contribution is -2.31. The molecular formula is C18H17ClF3N3O3. The minimum Gasteiger partial charge on any atom is -0.406 e. The molecule has 0 aliphatic rings. The molecule has 0 aromatic heterocycles. The first-order valence-electron chi connectivity index (χ1n) is 8.04. The first-order valence-corrected chi connectivity index (χ1v) is 8.41. The summed E-state index contributed by atoms with van der Waals surface area (Å²) in [6, 6.07) is 8.91. The van der Waals surface area contributed by atoms with Crippen molar-refractivity contribution in [2.45, 2.75) is 26.3 Å². The molecule has 0 bridgehead atoms. The number of ether oxygens (including phenoxy) is 1. The summed E-state index contributed by atoms with van der Waals surface area (Å²) in [4.78, 5) is 23.3. The van der Waals surface area contributed by atoms with Crippen molar-refractivity contribution >= 4 is 40.5 Å². The topological polar surface area (TPSA) is 79.5 Å². The molecule has 6 nitrogen and oxygen atoms in total. The molecule has 0 aliphatic heterocycles. The molecule has 2 rings (SSSR count). The molecule has 150 valence electrons. The van der Waals surface area contributed by atoms with E-state index < -0.39 is 18.3 Å². The van der Waals surface area contributed by atoms with Crippen LogP contribution in [-0.2, 0) is 9.59 Å². The van der Waals surface area contributed by atoms with Gasteiger partial charge in [0.1, 0.15) is 11.8 Å². The number of carbonyl (C=O) groups is 2. The highest BCUT2D eigenvalue weighted by molar-refractivity contribution is 6.34. The highest BCUT2D eigenvalue weighted by Crippen LogP contribution is 2.26. The molecular weight excluding hydrogens is 399 g/mol. The molecule has 0 aliphatic carbocycles. The zero-order valence-electron chi connectivity index (χ0n) is 14.9. The van der Waals surface area contributed by atoms with E-state index in [1.54, 1.807) is 25.1 Å². The minimum absolute atomic E-state index is 0.262. The number of hydrogen-bond donors (Lipinski definition) is 3. The van der Waals surface area contributed by atoms with Crippen molar-refractivity contribution in [1.82, 2.24) is 0 Å². The summed E-state index contributed by atoms with van der Waals surface area (Å²) in [5.41, 5.74) is 1.31. The number of carbonyl (C=O) groups excluding carboxylic acids is 2. The fourth-order valence-electron chi connectivity index (χ4n) is 2.20. The largest absolute Gasteiger partial charge is 0.573 e. The molecule has 10 heteroatoms. The van der Waals surface area contributed by atoms with Crippen LogP contribution in [0.5, 0.6) is 5.75 Å². The molecule has 2 aromatic carbocycles. The monoisotopic (exact) mass is 415 g/mol. The maximum atomic E-state index is 12.3. The van der Waals surface area contributed by atoms with Gasteiger partial charge in [0.15, 0.2) is 0 Å². The number of halogens is 4. The van der Waals surface area contributed by atoms with Crippen LogP contribution in [0.25, 0.3) is 0 Å². The molecule has 2 amide bonds. The van der Waals surface area contributed by atoms with Gasteiger partial charge in [0.2, 0.25) is 11.8 Å². The van der Waals surface area contributed by atoms with E-state index in [9.17, 15) is 22.8 Å². The molecule has 0 saturated carbocycles. The van der Waals surface area contributed by atoms with Gasteiger partial charge in [0, 0.05) is 18.3 Å². The highest BCUT2D eigenvalue weighted by atomic mass is 35.5. The Balaban J connectivity index is 1.95. The maximum absolute atomic E-state index is 12.3. The van der Waals surface area contributed by atoms with Crippen molar-refractivity contribution in [2.75, 3.05) is 16.0 Å². The summed E-state index contributed by atoms with van der Waals surface area (Å²) >= 11 is 6.08. The van der Waals surface area contributed by atoms with E-state index in [2.05, 4.69) is 20.7 Å². The number of anilines is 3. The van der Waals surface area contributed by atoms with Gasteiger partial charge in [-0.1, -0.05) is 11.6 Å². The lowest BCUT2D eigenvalue weighted by Gasteiger charge is -2.16. The van der Waals surface area contributed by atoms with Crippen LogP contribution in [0.15, 0.2) is 42.5 Å². The van der Waals surface area contributed by atoms with Crippen LogP contribution in [0.3, 0.4) is 0 Å². The van der Waals surface area contributed by atoms with Crippen molar-refractivity contribution in [3.05, 3.63) is 47.5 Å². The zero-order valence-corrected chi connectivity index (χ0v) is 15.6. The number of alkyl halides is 3. The molecule has 0 fully saturated rings. The van der Waals surface area contributed by atoms with Crippen LogP contribution >= 0.6 is 11.6 Å². The third kappa shape index (κ3) is 6.66. The first-order chi connectivity index (χ1) is 13.0. The molecule has 3 N–H and O–H groups in total. The second-order valence-electron chi connectivity index (χ2n) is 5.80. The average Bonchev–Trinajstić information content (AvgIpc) is 2.57. The van der Waals surface area contributed by atoms with Gasteiger partial charge >= 0.3 is 6.36 Å². The average molecular weight is 416 g/mol. The second-order valence-corrected chi connectivity index (χ2v) is 6.21. The maximum Gasteiger partial charge on any atom is 0.573 e. The number of rotatable bonds is 6. The Bertz CT molecular complexity index is 857. The summed E-state index contributed by atoms with van der Waals surface area (Å²) in [6.45, 7) is 2.96. The van der Waals surface area contributed by atoms with Gasteiger partial charge in [0.05, 0.1) is 10.7 Å². The summed E-state index contributed by atoms with van der Waals surface area (Å²) in [5, 5.41) is 8.39. The first kappa shape index (κ1) is 21.4. The molecule has 0 radical (unpaired) electrons. The van der Waals surface area contributed by atoms with Crippen LogP contribution < -0.4 is 20.7 Å². The predicted octanol–water partition coefficient (Wildman–Crippen LogP) is 4.64. The van der Waals surface area contributed by atoms with Crippen molar-refractivity contribution in [3.8, 4) is 5.75 Å². The molecule has 2 aromatic rings. The fraction of sp³-hybridized carbons (Fsp3) is 0.222. The van der Waals surface area contributed by atoms with E-state index in [-0.39, 0.29) is 11.7 Å². The number of hydrogen-bond acceptors (Lipinski definition) is 4. The number of nitrogens with one attached hydrogen (secondary N) is 3. The van der Waals surface area contributed by atoms with E-state index in [0.29, 0.717) is 22.1 Å². The Kier molecular flexibility index (Phi) is 6.74. The van der Waals surface area contributed by atoms with E-state index in [1.807, 2.05) is 0 Å². The van der Waals surface area contributed by atoms with Crippen LogP contribution in [-0.4, -0.2) is 24.2 Å². The van der Waals surface area contributed by atoms with Crippen molar-refractivity contribution in [2.24, 2.45) is 0 Å². The molecule has 28 heavy (non-hydrogen) atoms. The van der Waals surface area contributed by atoms with E-state index >= 15 is 0 Å².